The zero-order valence-corrected chi connectivity index (χ0v) is 11.5. The van der Waals surface area contributed by atoms with E-state index in [1.807, 2.05) is 0 Å². The lowest BCUT2D eigenvalue weighted by Gasteiger charge is -2.18. The van der Waals surface area contributed by atoms with Gasteiger partial charge in [-0.25, -0.2) is 14.5 Å². The van der Waals surface area contributed by atoms with E-state index in [1.165, 1.54) is 6.07 Å². The molecule has 1 saturated heterocycles. The molecule has 1 aromatic carbocycles. The fourth-order valence-corrected chi connectivity index (χ4v) is 2.16. The van der Waals surface area contributed by atoms with Crippen LogP contribution < -0.4 is 10.2 Å². The van der Waals surface area contributed by atoms with E-state index in [0.29, 0.717) is 16.9 Å². The molecule has 0 unspecified atom stereocenters. The van der Waals surface area contributed by atoms with Crippen molar-refractivity contribution < 1.29 is 9.59 Å². The number of hydrogen-bond donors (Lipinski definition) is 1. The summed E-state index contributed by atoms with van der Waals surface area (Å²) in [6.45, 7) is 11.9. The quantitative estimate of drug-likeness (QED) is 0.634. The number of imide groups is 1. The Morgan fingerprint density at radius 3 is 2.47 bits per heavy atom. The SMILES string of the molecule is [C-]#[N+]c1ccc(N2C(=O)NC(C)(C)C2=O)c(C)c1Cl. The first kappa shape index (κ1) is 13.4. The van der Waals surface area contributed by atoms with Gasteiger partial charge in [0.1, 0.15) is 5.54 Å². The molecule has 1 aliphatic heterocycles. The Hall–Kier alpha value is -2.06. The van der Waals surface area contributed by atoms with Crippen molar-refractivity contribution in [3.05, 3.63) is 34.1 Å². The number of nitrogens with zero attached hydrogens (tertiary/aromatic N) is 2. The standard InChI is InChI=1S/C13H12ClN3O2/c1-7-9(6-5-8(15-4)10(7)14)17-11(18)13(2,3)16-12(17)19/h5-6H,1-3H3,(H,16,19). The Bertz CT molecular complexity index is 632. The molecule has 0 spiro atoms. The second-order valence-electron chi connectivity index (χ2n) is 4.85. The number of rotatable bonds is 1. The van der Waals surface area contributed by atoms with Crippen LogP contribution in [0, 0.1) is 13.5 Å². The maximum absolute atomic E-state index is 12.2. The molecule has 6 heteroatoms. The highest BCUT2D eigenvalue weighted by Crippen LogP contribution is 2.36. The molecule has 2 rings (SSSR count). The van der Waals surface area contributed by atoms with E-state index in [-0.39, 0.29) is 10.9 Å². The maximum atomic E-state index is 12.2. The summed E-state index contributed by atoms with van der Waals surface area (Å²) >= 11 is 6.06. The van der Waals surface area contributed by atoms with Crippen LogP contribution in [0.15, 0.2) is 12.1 Å². The Morgan fingerprint density at radius 1 is 1.37 bits per heavy atom. The van der Waals surface area contributed by atoms with Crippen molar-refractivity contribution in [2.75, 3.05) is 4.90 Å². The zero-order valence-electron chi connectivity index (χ0n) is 10.7. The first-order valence-corrected chi connectivity index (χ1v) is 6.00. The van der Waals surface area contributed by atoms with Gasteiger partial charge in [-0.2, -0.15) is 0 Å². The van der Waals surface area contributed by atoms with Crippen LogP contribution >= 0.6 is 11.6 Å². The van der Waals surface area contributed by atoms with Gasteiger partial charge in [-0.1, -0.05) is 17.7 Å². The number of anilines is 1. The van der Waals surface area contributed by atoms with Crippen LogP contribution in [0.1, 0.15) is 19.4 Å². The van der Waals surface area contributed by atoms with Crippen LogP contribution in [0.2, 0.25) is 5.02 Å². The highest BCUT2D eigenvalue weighted by Gasteiger charge is 2.45. The topological polar surface area (TPSA) is 53.8 Å². The Labute approximate surface area is 116 Å². The van der Waals surface area contributed by atoms with Crippen LogP contribution in [-0.4, -0.2) is 17.5 Å². The van der Waals surface area contributed by atoms with Crippen molar-refractivity contribution >= 4 is 34.9 Å². The third-order valence-electron chi connectivity index (χ3n) is 3.06. The predicted octanol–water partition coefficient (Wildman–Crippen LogP) is 3.03. The van der Waals surface area contributed by atoms with Crippen molar-refractivity contribution in [1.29, 1.82) is 0 Å². The summed E-state index contributed by atoms with van der Waals surface area (Å²) in [4.78, 5) is 28.4. The Morgan fingerprint density at radius 2 is 2.00 bits per heavy atom. The first-order valence-electron chi connectivity index (χ1n) is 5.63. The first-order chi connectivity index (χ1) is 8.79. The molecule has 0 radical (unpaired) electrons. The molecule has 0 aliphatic carbocycles. The molecule has 5 nitrogen and oxygen atoms in total. The number of halogens is 1. The summed E-state index contributed by atoms with van der Waals surface area (Å²) in [5.41, 5.74) is 0.310. The molecule has 0 bridgehead atoms. The van der Waals surface area contributed by atoms with Gasteiger partial charge in [-0.05, 0) is 32.4 Å². The number of hydrogen-bond acceptors (Lipinski definition) is 2. The second kappa shape index (κ2) is 4.25. The molecule has 0 saturated carbocycles. The van der Waals surface area contributed by atoms with Crippen LogP contribution in [-0.2, 0) is 4.79 Å². The van der Waals surface area contributed by atoms with E-state index in [0.717, 1.165) is 4.90 Å². The third kappa shape index (κ3) is 1.94. The summed E-state index contributed by atoms with van der Waals surface area (Å²) in [7, 11) is 0. The zero-order chi connectivity index (χ0) is 14.4. The highest BCUT2D eigenvalue weighted by atomic mass is 35.5. The van der Waals surface area contributed by atoms with E-state index < -0.39 is 11.6 Å². The average Bonchev–Trinajstić information content (AvgIpc) is 2.53. The minimum absolute atomic E-state index is 0.262. The lowest BCUT2D eigenvalue weighted by atomic mass is 10.1. The van der Waals surface area contributed by atoms with Gasteiger partial charge in [0.2, 0.25) is 5.69 Å². The molecule has 1 fully saturated rings. The summed E-state index contributed by atoms with van der Waals surface area (Å²) < 4.78 is 0. The van der Waals surface area contributed by atoms with Crippen molar-refractivity contribution in [3.8, 4) is 0 Å². The van der Waals surface area contributed by atoms with Gasteiger partial charge in [0.05, 0.1) is 17.3 Å². The number of amides is 3. The van der Waals surface area contributed by atoms with Crippen molar-refractivity contribution in [3.63, 3.8) is 0 Å². The van der Waals surface area contributed by atoms with Gasteiger partial charge in [-0.3, -0.25) is 4.79 Å². The van der Waals surface area contributed by atoms with Crippen molar-refractivity contribution in [2.45, 2.75) is 26.3 Å². The minimum atomic E-state index is -0.936. The molecule has 0 aromatic heterocycles. The van der Waals surface area contributed by atoms with E-state index in [4.69, 9.17) is 18.2 Å². The molecule has 1 heterocycles. The largest absolute Gasteiger partial charge is 0.329 e. The smallest absolute Gasteiger partial charge is 0.323 e. The van der Waals surface area contributed by atoms with E-state index >= 15 is 0 Å². The Balaban J connectivity index is 2.56. The van der Waals surface area contributed by atoms with Gasteiger partial charge in [-0.15, -0.1) is 0 Å². The number of nitrogens with one attached hydrogen (secondary N) is 1. The summed E-state index contributed by atoms with van der Waals surface area (Å²) in [5.74, 6) is -0.341. The Kier molecular flexibility index (Phi) is 2.99. The maximum Gasteiger partial charge on any atom is 0.329 e. The average molecular weight is 278 g/mol. The van der Waals surface area contributed by atoms with Crippen LogP contribution in [0.5, 0.6) is 0 Å². The lowest BCUT2D eigenvalue weighted by molar-refractivity contribution is -0.121. The molecular weight excluding hydrogens is 266 g/mol. The molecule has 0 atom stereocenters. The van der Waals surface area contributed by atoms with Crippen LogP contribution in [0.25, 0.3) is 4.85 Å². The third-order valence-corrected chi connectivity index (χ3v) is 3.54. The molecule has 3 amide bonds. The number of urea groups is 1. The summed E-state index contributed by atoms with van der Waals surface area (Å²) in [6.07, 6.45) is 0. The number of carbonyl (C=O) groups excluding carboxylic acids is 2. The molecule has 1 N–H and O–H groups in total. The van der Waals surface area contributed by atoms with Gasteiger partial charge in [0.15, 0.2) is 0 Å². The lowest BCUT2D eigenvalue weighted by Crippen LogP contribution is -2.40. The normalized spacial score (nSPS) is 17.3. The predicted molar refractivity (Wildman–Crippen MR) is 72.5 cm³/mol. The number of benzene rings is 1. The number of carbonyl (C=O) groups is 2. The van der Waals surface area contributed by atoms with E-state index in [2.05, 4.69) is 10.2 Å². The fourth-order valence-electron chi connectivity index (χ4n) is 1.96. The highest BCUT2D eigenvalue weighted by molar-refractivity contribution is 6.35. The molecular formula is C13H12ClN3O2. The van der Waals surface area contributed by atoms with Crippen LogP contribution in [0.4, 0.5) is 16.2 Å². The second-order valence-corrected chi connectivity index (χ2v) is 5.23. The van der Waals surface area contributed by atoms with Crippen molar-refractivity contribution in [2.24, 2.45) is 0 Å². The van der Waals surface area contributed by atoms with Crippen molar-refractivity contribution in [1.82, 2.24) is 5.32 Å². The molecule has 98 valence electrons. The fraction of sp³-hybridized carbons (Fsp3) is 0.308. The monoisotopic (exact) mass is 277 g/mol. The van der Waals surface area contributed by atoms with E-state index in [1.54, 1.807) is 26.8 Å². The summed E-state index contributed by atoms with van der Waals surface area (Å²) in [5, 5.41) is 2.86. The van der Waals surface area contributed by atoms with Gasteiger partial charge >= 0.3 is 6.03 Å². The van der Waals surface area contributed by atoms with Crippen LogP contribution in [0.3, 0.4) is 0 Å². The molecule has 19 heavy (non-hydrogen) atoms. The molecule has 1 aromatic rings. The summed E-state index contributed by atoms with van der Waals surface area (Å²) in [6, 6.07) is 2.58. The van der Waals surface area contributed by atoms with Gasteiger partial charge in [0.25, 0.3) is 5.91 Å². The van der Waals surface area contributed by atoms with Gasteiger partial charge < -0.3 is 5.32 Å². The minimum Gasteiger partial charge on any atom is -0.323 e. The van der Waals surface area contributed by atoms with Gasteiger partial charge in [0, 0.05) is 0 Å². The van der Waals surface area contributed by atoms with E-state index in [9.17, 15) is 9.59 Å². The molecule has 1 aliphatic rings.